The van der Waals surface area contributed by atoms with Crippen molar-refractivity contribution >= 4 is 40.1 Å². The van der Waals surface area contributed by atoms with Gasteiger partial charge in [-0.05, 0) is 94.5 Å². The molecule has 6 aliphatic rings. The van der Waals surface area contributed by atoms with Gasteiger partial charge in [0.05, 0.1) is 30.6 Å². The standard InChI is InChI=1S/C43H50FN9O5/c1-42(13-14-42)58-28-3-5-32-30(19-28)38(49-48-32)33-20-36(46-25-45-33)51-15-9-26(10-16-51)21-43(44)23-52(24-43)27-11-17-50(18-12-27)34-6-4-29-31(39(34)57-2)22-53(41(29)56)35-7-8-37(54)47-40(35)55/h3-6,19-20,25-27,35H,7-18,21-24H2,1-2H3,(H,48,49)(H,47,54,55). The van der Waals surface area contributed by atoms with E-state index in [9.17, 15) is 14.4 Å². The maximum Gasteiger partial charge on any atom is 0.255 e. The minimum atomic E-state index is -1.16. The van der Waals surface area contributed by atoms with E-state index >= 15 is 4.39 Å². The molecule has 0 radical (unpaired) electrons. The zero-order chi connectivity index (χ0) is 39.8. The first-order valence-corrected chi connectivity index (χ1v) is 20.8. The molecule has 5 aliphatic heterocycles. The van der Waals surface area contributed by atoms with Crippen LogP contribution in [0.25, 0.3) is 22.3 Å². The number of piperidine rings is 3. The molecule has 2 N–H and O–H groups in total. The number of hydrogen-bond acceptors (Lipinski definition) is 11. The number of ether oxygens (including phenoxy) is 2. The predicted molar refractivity (Wildman–Crippen MR) is 215 cm³/mol. The number of carbonyl (C=O) groups is 3. The lowest BCUT2D eigenvalue weighted by molar-refractivity contribution is -0.136. The lowest BCUT2D eigenvalue weighted by Gasteiger charge is -2.52. The highest BCUT2D eigenvalue weighted by Gasteiger charge is 2.48. The monoisotopic (exact) mass is 791 g/mol. The predicted octanol–water partition coefficient (Wildman–Crippen LogP) is 5.02. The lowest BCUT2D eigenvalue weighted by Crippen LogP contribution is -2.64. The van der Waals surface area contributed by atoms with Gasteiger partial charge in [-0.15, -0.1) is 0 Å². The largest absolute Gasteiger partial charge is 0.494 e. The first kappa shape index (κ1) is 37.0. The van der Waals surface area contributed by atoms with Crippen LogP contribution in [0.15, 0.2) is 42.7 Å². The van der Waals surface area contributed by atoms with Crippen molar-refractivity contribution in [2.45, 2.75) is 94.6 Å². The number of likely N-dealkylation sites (tertiary alicyclic amines) is 1. The number of alkyl halides is 1. The molecule has 58 heavy (non-hydrogen) atoms. The van der Waals surface area contributed by atoms with Gasteiger partial charge in [-0.3, -0.25) is 29.7 Å². The second-order valence-corrected chi connectivity index (χ2v) is 17.5. The van der Waals surface area contributed by atoms with Gasteiger partial charge in [-0.1, -0.05) is 0 Å². The van der Waals surface area contributed by atoms with Crippen LogP contribution in [-0.2, 0) is 16.1 Å². The van der Waals surface area contributed by atoms with Crippen LogP contribution in [0.4, 0.5) is 15.9 Å². The van der Waals surface area contributed by atoms with Crippen LogP contribution in [0.2, 0.25) is 0 Å². The highest BCUT2D eigenvalue weighted by Crippen LogP contribution is 2.44. The second kappa shape index (κ2) is 14.2. The zero-order valence-corrected chi connectivity index (χ0v) is 33.1. The van der Waals surface area contributed by atoms with Crippen LogP contribution >= 0.6 is 0 Å². The molecule has 4 aromatic rings. The first-order valence-electron chi connectivity index (χ1n) is 20.8. The Hall–Kier alpha value is -5.31. The van der Waals surface area contributed by atoms with Gasteiger partial charge in [0.1, 0.15) is 46.6 Å². The molecule has 2 aromatic carbocycles. The third kappa shape index (κ3) is 6.80. The number of nitrogens with zero attached hydrogens (tertiary/aromatic N) is 7. The quantitative estimate of drug-likeness (QED) is 0.209. The van der Waals surface area contributed by atoms with Crippen molar-refractivity contribution in [1.29, 1.82) is 0 Å². The van der Waals surface area contributed by atoms with Crippen LogP contribution in [0.5, 0.6) is 11.5 Å². The number of imide groups is 1. The average molecular weight is 792 g/mol. The van der Waals surface area contributed by atoms with Crippen molar-refractivity contribution in [3.8, 4) is 22.9 Å². The van der Waals surface area contributed by atoms with Gasteiger partial charge in [0.2, 0.25) is 11.8 Å². The molecule has 4 saturated heterocycles. The van der Waals surface area contributed by atoms with Gasteiger partial charge >= 0.3 is 0 Å². The maximum absolute atomic E-state index is 16.2. The fraction of sp³-hybridized carbons (Fsp3) is 0.535. The number of aromatic amines is 1. The molecule has 1 aliphatic carbocycles. The van der Waals surface area contributed by atoms with Crippen molar-refractivity contribution in [3.63, 3.8) is 0 Å². The molecule has 1 saturated carbocycles. The summed E-state index contributed by atoms with van der Waals surface area (Å²) in [5.41, 5.74) is 3.50. The van der Waals surface area contributed by atoms with E-state index in [-0.39, 0.29) is 30.4 Å². The summed E-state index contributed by atoms with van der Waals surface area (Å²) in [5, 5.41) is 11.1. The van der Waals surface area contributed by atoms with E-state index in [1.807, 2.05) is 36.4 Å². The topological polar surface area (TPSA) is 149 Å². The molecule has 304 valence electrons. The van der Waals surface area contributed by atoms with Crippen molar-refractivity contribution in [2.24, 2.45) is 5.92 Å². The summed E-state index contributed by atoms with van der Waals surface area (Å²) in [5.74, 6) is 1.75. The molecule has 5 fully saturated rings. The number of anilines is 2. The fourth-order valence-corrected chi connectivity index (χ4v) is 9.97. The summed E-state index contributed by atoms with van der Waals surface area (Å²) in [6.45, 7) is 6.62. The summed E-state index contributed by atoms with van der Waals surface area (Å²) in [6.07, 6.45) is 8.55. The van der Waals surface area contributed by atoms with Gasteiger partial charge in [-0.2, -0.15) is 5.10 Å². The van der Waals surface area contributed by atoms with E-state index in [0.717, 1.165) is 110 Å². The van der Waals surface area contributed by atoms with Crippen LogP contribution < -0.4 is 24.6 Å². The van der Waals surface area contributed by atoms with E-state index in [2.05, 4.69) is 47.1 Å². The van der Waals surface area contributed by atoms with Gasteiger partial charge in [0.25, 0.3) is 5.91 Å². The maximum atomic E-state index is 16.2. The highest BCUT2D eigenvalue weighted by atomic mass is 19.1. The van der Waals surface area contributed by atoms with Crippen molar-refractivity contribution in [2.75, 3.05) is 56.2 Å². The van der Waals surface area contributed by atoms with E-state index in [1.54, 1.807) is 18.3 Å². The Morgan fingerprint density at radius 3 is 2.45 bits per heavy atom. The Kier molecular flexibility index (Phi) is 9.06. The third-order valence-electron chi connectivity index (χ3n) is 13.5. The molecule has 1 atom stereocenters. The number of benzene rings is 2. The summed E-state index contributed by atoms with van der Waals surface area (Å²) in [7, 11) is 1.62. The number of H-pyrrole nitrogens is 1. The number of aromatic nitrogens is 4. The van der Waals surface area contributed by atoms with Crippen LogP contribution in [0.3, 0.4) is 0 Å². The number of rotatable bonds is 10. The number of fused-ring (bicyclic) bond motifs is 2. The van der Waals surface area contributed by atoms with Crippen molar-refractivity contribution in [3.05, 3.63) is 53.9 Å². The summed E-state index contributed by atoms with van der Waals surface area (Å²) >= 11 is 0. The fourth-order valence-electron chi connectivity index (χ4n) is 9.97. The van der Waals surface area contributed by atoms with Crippen molar-refractivity contribution in [1.82, 2.24) is 35.3 Å². The minimum Gasteiger partial charge on any atom is -0.494 e. The second-order valence-electron chi connectivity index (χ2n) is 17.5. The van der Waals surface area contributed by atoms with E-state index in [0.29, 0.717) is 49.2 Å². The molecule has 1 unspecified atom stereocenters. The molecule has 15 heteroatoms. The zero-order valence-electron chi connectivity index (χ0n) is 33.1. The van der Waals surface area contributed by atoms with Gasteiger partial charge < -0.3 is 24.2 Å². The number of methoxy groups -OCH3 is 1. The molecule has 0 bridgehead atoms. The number of amides is 3. The Morgan fingerprint density at radius 1 is 0.931 bits per heavy atom. The van der Waals surface area contributed by atoms with Gasteiger partial charge in [0, 0.05) is 74.3 Å². The summed E-state index contributed by atoms with van der Waals surface area (Å²) < 4.78 is 28.3. The highest BCUT2D eigenvalue weighted by molar-refractivity contribution is 6.06. The molecular formula is C43H50FN9O5. The summed E-state index contributed by atoms with van der Waals surface area (Å²) in [6, 6.07) is 11.5. The number of nitrogens with one attached hydrogen (secondary N) is 2. The number of carbonyl (C=O) groups excluding carboxylic acids is 3. The Labute approximate surface area is 336 Å². The molecule has 3 amide bonds. The van der Waals surface area contributed by atoms with E-state index in [4.69, 9.17) is 9.47 Å². The molecule has 0 spiro atoms. The molecule has 14 nitrogen and oxygen atoms in total. The Bertz CT molecular complexity index is 2270. The molecular weight excluding hydrogens is 742 g/mol. The Morgan fingerprint density at radius 2 is 1.71 bits per heavy atom. The normalized spacial score (nSPS) is 23.5. The SMILES string of the molecule is COc1c(N2CCC(N3CC(F)(CC4CCN(c5cc(-c6n[nH]c7ccc(OC8(C)CC8)cc67)ncn5)CC4)C3)CC2)ccc2c1CN(C1CCC(=O)NC1=O)C2=O. The smallest absolute Gasteiger partial charge is 0.255 e. The molecule has 10 rings (SSSR count). The van der Waals surface area contributed by atoms with Crippen molar-refractivity contribution < 1.29 is 28.2 Å². The van der Waals surface area contributed by atoms with Gasteiger partial charge in [0.15, 0.2) is 0 Å². The first-order chi connectivity index (χ1) is 28.0. The van der Waals surface area contributed by atoms with E-state index in [1.165, 1.54) is 0 Å². The molecule has 7 heterocycles. The lowest BCUT2D eigenvalue weighted by atomic mass is 9.80. The Balaban J connectivity index is 0.711. The third-order valence-corrected chi connectivity index (χ3v) is 13.5. The van der Waals surface area contributed by atoms with Crippen LogP contribution in [0, 0.1) is 5.92 Å². The number of hydrogen-bond donors (Lipinski definition) is 2. The van der Waals surface area contributed by atoms with Crippen LogP contribution in [-0.4, -0.2) is 117 Å². The average Bonchev–Trinajstić information content (AvgIpc) is 3.64. The van der Waals surface area contributed by atoms with Gasteiger partial charge in [-0.25, -0.2) is 14.4 Å². The van der Waals surface area contributed by atoms with E-state index < -0.39 is 17.6 Å². The number of halogens is 1. The summed E-state index contributed by atoms with van der Waals surface area (Å²) in [4.78, 5) is 55.3. The minimum absolute atomic E-state index is 0.0648. The molecule has 2 aromatic heterocycles. The van der Waals surface area contributed by atoms with Crippen LogP contribution in [0.1, 0.15) is 80.6 Å².